The molecule has 0 amide bonds. The van der Waals surface area contributed by atoms with Crippen LogP contribution in [0.2, 0.25) is 0 Å². The number of nitrogens with one attached hydrogen (secondary N) is 1. The summed E-state index contributed by atoms with van der Waals surface area (Å²) in [7, 11) is 1.71. The van der Waals surface area contributed by atoms with E-state index < -0.39 is 0 Å². The molecule has 0 aliphatic carbocycles. The quantitative estimate of drug-likeness (QED) is 0.887. The van der Waals surface area contributed by atoms with E-state index in [1.807, 2.05) is 13.1 Å². The van der Waals surface area contributed by atoms with E-state index in [-0.39, 0.29) is 0 Å². The van der Waals surface area contributed by atoms with Gasteiger partial charge in [0.1, 0.15) is 5.75 Å². The van der Waals surface area contributed by atoms with Gasteiger partial charge >= 0.3 is 0 Å². The standard InChI is InChI=1S/C14H22N2O2/c1-10-7-16-13(11(2)14(10)17-3)8-15-12-5-4-6-18-9-12/h7,12,15H,4-6,8-9H2,1-3H3. The first kappa shape index (κ1) is 13.3. The van der Waals surface area contributed by atoms with Crippen LogP contribution >= 0.6 is 0 Å². The monoisotopic (exact) mass is 250 g/mol. The summed E-state index contributed by atoms with van der Waals surface area (Å²) in [5, 5.41) is 3.51. The summed E-state index contributed by atoms with van der Waals surface area (Å²) in [5.41, 5.74) is 3.27. The number of pyridine rings is 1. The average Bonchev–Trinajstić information content (AvgIpc) is 2.40. The molecule has 0 saturated carbocycles. The Balaban J connectivity index is 2.00. The van der Waals surface area contributed by atoms with Gasteiger partial charge in [-0.25, -0.2) is 0 Å². The third-order valence-corrected chi connectivity index (χ3v) is 3.47. The van der Waals surface area contributed by atoms with Crippen molar-refractivity contribution in [3.63, 3.8) is 0 Å². The van der Waals surface area contributed by atoms with Crippen LogP contribution in [0.15, 0.2) is 6.20 Å². The second-order valence-electron chi connectivity index (χ2n) is 4.84. The molecule has 100 valence electrons. The van der Waals surface area contributed by atoms with Crippen LogP contribution in [-0.2, 0) is 11.3 Å². The number of aryl methyl sites for hydroxylation is 1. The summed E-state index contributed by atoms with van der Waals surface area (Å²) < 4.78 is 10.9. The minimum absolute atomic E-state index is 0.451. The molecular formula is C14H22N2O2. The predicted molar refractivity (Wildman–Crippen MR) is 70.9 cm³/mol. The van der Waals surface area contributed by atoms with Crippen LogP contribution in [-0.4, -0.2) is 31.3 Å². The van der Waals surface area contributed by atoms with E-state index >= 15 is 0 Å². The van der Waals surface area contributed by atoms with Gasteiger partial charge in [0.15, 0.2) is 0 Å². The van der Waals surface area contributed by atoms with Crippen LogP contribution in [0.3, 0.4) is 0 Å². The summed E-state index contributed by atoms with van der Waals surface area (Å²) in [6.07, 6.45) is 4.20. The fourth-order valence-corrected chi connectivity index (χ4v) is 2.39. The smallest absolute Gasteiger partial charge is 0.128 e. The van der Waals surface area contributed by atoms with Crippen molar-refractivity contribution in [2.75, 3.05) is 20.3 Å². The summed E-state index contributed by atoms with van der Waals surface area (Å²) in [6, 6.07) is 0.451. The first-order chi connectivity index (χ1) is 8.72. The minimum atomic E-state index is 0.451. The van der Waals surface area contributed by atoms with Crippen LogP contribution < -0.4 is 10.1 Å². The van der Waals surface area contributed by atoms with Gasteiger partial charge in [-0.1, -0.05) is 0 Å². The maximum absolute atomic E-state index is 5.46. The zero-order valence-electron chi connectivity index (χ0n) is 11.5. The van der Waals surface area contributed by atoms with Crippen molar-refractivity contribution in [1.82, 2.24) is 10.3 Å². The summed E-state index contributed by atoms with van der Waals surface area (Å²) in [4.78, 5) is 4.49. The van der Waals surface area contributed by atoms with E-state index in [9.17, 15) is 0 Å². The SMILES string of the molecule is COc1c(C)cnc(CNC2CCCOC2)c1C. The Labute approximate surface area is 109 Å². The largest absolute Gasteiger partial charge is 0.496 e. The van der Waals surface area contributed by atoms with Gasteiger partial charge in [-0.05, 0) is 26.7 Å². The van der Waals surface area contributed by atoms with Gasteiger partial charge in [0, 0.05) is 36.5 Å². The Kier molecular flexibility index (Phi) is 4.55. The fraction of sp³-hybridized carbons (Fsp3) is 0.643. The molecule has 1 fully saturated rings. The van der Waals surface area contributed by atoms with Crippen molar-refractivity contribution in [2.24, 2.45) is 0 Å². The summed E-state index contributed by atoms with van der Waals surface area (Å²) in [5.74, 6) is 0.946. The minimum Gasteiger partial charge on any atom is -0.496 e. The van der Waals surface area contributed by atoms with Crippen LogP contribution in [0.1, 0.15) is 29.7 Å². The number of rotatable bonds is 4. The first-order valence-corrected chi connectivity index (χ1v) is 6.52. The average molecular weight is 250 g/mol. The van der Waals surface area contributed by atoms with Crippen LogP contribution in [0, 0.1) is 13.8 Å². The second-order valence-corrected chi connectivity index (χ2v) is 4.84. The summed E-state index contributed by atoms with van der Waals surface area (Å²) in [6.45, 7) is 6.56. The third-order valence-electron chi connectivity index (χ3n) is 3.47. The molecule has 1 aromatic heterocycles. The number of hydrogen-bond donors (Lipinski definition) is 1. The van der Waals surface area contributed by atoms with Gasteiger partial charge in [0.2, 0.25) is 0 Å². The number of methoxy groups -OCH3 is 1. The molecule has 0 spiro atoms. The highest BCUT2D eigenvalue weighted by atomic mass is 16.5. The second kappa shape index (κ2) is 6.16. The Hall–Kier alpha value is -1.13. The van der Waals surface area contributed by atoms with Gasteiger partial charge in [-0.2, -0.15) is 0 Å². The lowest BCUT2D eigenvalue weighted by molar-refractivity contribution is 0.0698. The van der Waals surface area contributed by atoms with Crippen LogP contribution in [0.25, 0.3) is 0 Å². The third kappa shape index (κ3) is 3.00. The van der Waals surface area contributed by atoms with Crippen molar-refractivity contribution in [2.45, 2.75) is 39.3 Å². The van der Waals surface area contributed by atoms with E-state index in [4.69, 9.17) is 9.47 Å². The lowest BCUT2D eigenvalue weighted by Crippen LogP contribution is -2.36. The first-order valence-electron chi connectivity index (χ1n) is 6.52. The highest BCUT2D eigenvalue weighted by Gasteiger charge is 2.15. The number of aromatic nitrogens is 1. The molecule has 1 aliphatic heterocycles. The molecular weight excluding hydrogens is 228 g/mol. The maximum atomic E-state index is 5.46. The Morgan fingerprint density at radius 2 is 2.33 bits per heavy atom. The Morgan fingerprint density at radius 1 is 1.50 bits per heavy atom. The molecule has 0 bridgehead atoms. The lowest BCUT2D eigenvalue weighted by Gasteiger charge is -2.23. The molecule has 0 aromatic carbocycles. The number of nitrogens with zero attached hydrogens (tertiary/aromatic N) is 1. The highest BCUT2D eigenvalue weighted by Crippen LogP contribution is 2.23. The van der Waals surface area contributed by atoms with Gasteiger partial charge in [-0.15, -0.1) is 0 Å². The molecule has 1 atom stereocenters. The molecule has 4 nitrogen and oxygen atoms in total. The molecule has 1 aliphatic rings. The van der Waals surface area contributed by atoms with Gasteiger partial charge < -0.3 is 14.8 Å². The van der Waals surface area contributed by atoms with Crippen LogP contribution in [0.4, 0.5) is 0 Å². The molecule has 0 radical (unpaired) electrons. The van der Waals surface area contributed by atoms with Crippen molar-refractivity contribution in [3.05, 3.63) is 23.0 Å². The van der Waals surface area contributed by atoms with Crippen LogP contribution in [0.5, 0.6) is 5.75 Å². The van der Waals surface area contributed by atoms with E-state index in [1.165, 1.54) is 6.42 Å². The van der Waals surface area contributed by atoms with Gasteiger partial charge in [-0.3, -0.25) is 4.98 Å². The maximum Gasteiger partial charge on any atom is 0.128 e. The Morgan fingerprint density at radius 3 is 3.00 bits per heavy atom. The molecule has 1 saturated heterocycles. The molecule has 1 N–H and O–H groups in total. The topological polar surface area (TPSA) is 43.4 Å². The highest BCUT2D eigenvalue weighted by molar-refractivity contribution is 5.40. The summed E-state index contributed by atoms with van der Waals surface area (Å²) >= 11 is 0. The number of hydrogen-bond acceptors (Lipinski definition) is 4. The van der Waals surface area contributed by atoms with Crippen molar-refractivity contribution in [3.8, 4) is 5.75 Å². The lowest BCUT2D eigenvalue weighted by atomic mass is 10.1. The normalized spacial score (nSPS) is 19.8. The zero-order valence-corrected chi connectivity index (χ0v) is 11.5. The molecule has 4 heteroatoms. The molecule has 1 aromatic rings. The van der Waals surface area contributed by atoms with Crippen molar-refractivity contribution in [1.29, 1.82) is 0 Å². The van der Waals surface area contributed by atoms with E-state index in [0.29, 0.717) is 6.04 Å². The fourth-order valence-electron chi connectivity index (χ4n) is 2.39. The zero-order chi connectivity index (χ0) is 13.0. The number of ether oxygens (including phenoxy) is 2. The predicted octanol–water partition coefficient (Wildman–Crippen LogP) is 1.98. The molecule has 2 heterocycles. The van der Waals surface area contributed by atoms with E-state index in [2.05, 4.69) is 17.2 Å². The Bertz CT molecular complexity index is 401. The molecule has 18 heavy (non-hydrogen) atoms. The molecule has 1 unspecified atom stereocenters. The van der Waals surface area contributed by atoms with E-state index in [1.54, 1.807) is 7.11 Å². The van der Waals surface area contributed by atoms with Gasteiger partial charge in [0.05, 0.1) is 19.4 Å². The molecule has 2 rings (SSSR count). The van der Waals surface area contributed by atoms with Crippen molar-refractivity contribution >= 4 is 0 Å². The van der Waals surface area contributed by atoms with Gasteiger partial charge in [0.25, 0.3) is 0 Å². The van der Waals surface area contributed by atoms with E-state index in [0.717, 1.165) is 48.7 Å². The van der Waals surface area contributed by atoms with Crippen molar-refractivity contribution < 1.29 is 9.47 Å².